The van der Waals surface area contributed by atoms with Crippen molar-refractivity contribution in [2.45, 2.75) is 13.3 Å². The second-order valence-electron chi connectivity index (χ2n) is 3.37. The number of benzene rings is 1. The largest absolute Gasteiger partial charge is 0.326 e. The highest BCUT2D eigenvalue weighted by Gasteiger charge is 2.02. The van der Waals surface area contributed by atoms with E-state index < -0.39 is 0 Å². The molecule has 0 saturated carbocycles. The van der Waals surface area contributed by atoms with Gasteiger partial charge in [0.15, 0.2) is 0 Å². The first-order chi connectivity index (χ1) is 7.13. The lowest BCUT2D eigenvalue weighted by atomic mass is 10.2. The van der Waals surface area contributed by atoms with Crippen molar-refractivity contribution in [3.05, 3.63) is 27.3 Å². The Kier molecular flexibility index (Phi) is 7.70. The number of carbonyl (C=O) groups excluding carboxylic acids is 1. The third-order valence-electron chi connectivity index (χ3n) is 2.06. The second-order valence-corrected chi connectivity index (χ2v) is 4.53. The smallest absolute Gasteiger partial charge is 0.225 e. The van der Waals surface area contributed by atoms with Gasteiger partial charge in [-0.05, 0) is 54.3 Å². The molecule has 0 bridgehead atoms. The molecule has 90 valence electrons. The van der Waals surface area contributed by atoms with Gasteiger partial charge in [-0.2, -0.15) is 0 Å². The fourth-order valence-electron chi connectivity index (χ4n) is 1.13. The highest BCUT2D eigenvalue weighted by Crippen LogP contribution is 2.16. The van der Waals surface area contributed by atoms with Gasteiger partial charge in [0.2, 0.25) is 5.91 Å². The van der Waals surface area contributed by atoms with Crippen LogP contribution in [0.5, 0.6) is 0 Å². The Labute approximate surface area is 116 Å². The molecule has 0 fully saturated rings. The van der Waals surface area contributed by atoms with Crippen LogP contribution in [0.1, 0.15) is 12.0 Å². The molecule has 0 saturated heterocycles. The zero-order valence-corrected chi connectivity index (χ0v) is 12.3. The summed E-state index contributed by atoms with van der Waals surface area (Å²) in [6.07, 6.45) is 0.501. The van der Waals surface area contributed by atoms with Gasteiger partial charge in [-0.25, -0.2) is 0 Å². The van der Waals surface area contributed by atoms with Gasteiger partial charge < -0.3 is 10.6 Å². The van der Waals surface area contributed by atoms with E-state index in [1.807, 2.05) is 32.2 Å². The van der Waals surface area contributed by atoms with Crippen molar-refractivity contribution in [1.82, 2.24) is 5.32 Å². The van der Waals surface area contributed by atoms with Gasteiger partial charge in [0, 0.05) is 22.2 Å². The molecule has 1 amide bonds. The molecule has 1 aromatic carbocycles. The van der Waals surface area contributed by atoms with Crippen LogP contribution in [0.15, 0.2) is 18.2 Å². The standard InChI is InChI=1S/C11H15IN2O.ClH/c1-8-3-4-9(7-10(8)12)14-11(15)5-6-13-2;/h3-4,7,13H,5-6H2,1-2H3,(H,14,15);1H. The van der Waals surface area contributed by atoms with Crippen LogP contribution >= 0.6 is 35.0 Å². The molecule has 0 aliphatic rings. The van der Waals surface area contributed by atoms with E-state index in [2.05, 4.69) is 33.2 Å². The van der Waals surface area contributed by atoms with E-state index >= 15 is 0 Å². The van der Waals surface area contributed by atoms with E-state index in [-0.39, 0.29) is 18.3 Å². The van der Waals surface area contributed by atoms with Crippen LogP contribution in [0.2, 0.25) is 0 Å². The molecule has 1 aromatic rings. The number of halogens is 2. The maximum absolute atomic E-state index is 11.4. The van der Waals surface area contributed by atoms with E-state index in [1.165, 1.54) is 9.13 Å². The van der Waals surface area contributed by atoms with Crippen molar-refractivity contribution in [3.8, 4) is 0 Å². The minimum absolute atomic E-state index is 0. The molecule has 0 radical (unpaired) electrons. The molecule has 0 aliphatic carbocycles. The van der Waals surface area contributed by atoms with Gasteiger partial charge >= 0.3 is 0 Å². The number of anilines is 1. The summed E-state index contributed by atoms with van der Waals surface area (Å²) in [5, 5.41) is 5.80. The van der Waals surface area contributed by atoms with Crippen molar-refractivity contribution in [2.75, 3.05) is 18.9 Å². The van der Waals surface area contributed by atoms with Gasteiger partial charge in [-0.1, -0.05) is 6.07 Å². The summed E-state index contributed by atoms with van der Waals surface area (Å²) in [6.45, 7) is 2.75. The van der Waals surface area contributed by atoms with E-state index in [1.54, 1.807) is 0 Å². The number of hydrogen-bond donors (Lipinski definition) is 2. The van der Waals surface area contributed by atoms with Crippen molar-refractivity contribution in [2.24, 2.45) is 0 Å². The molecule has 1 rings (SSSR count). The van der Waals surface area contributed by atoms with Crippen molar-refractivity contribution in [1.29, 1.82) is 0 Å². The number of hydrogen-bond acceptors (Lipinski definition) is 2. The lowest BCUT2D eigenvalue weighted by Crippen LogP contribution is -2.18. The minimum atomic E-state index is 0. The van der Waals surface area contributed by atoms with Gasteiger partial charge in [0.25, 0.3) is 0 Å². The summed E-state index contributed by atoms with van der Waals surface area (Å²) in [4.78, 5) is 11.4. The van der Waals surface area contributed by atoms with Crippen molar-refractivity contribution in [3.63, 3.8) is 0 Å². The second kappa shape index (κ2) is 7.86. The normalized spacial score (nSPS) is 9.44. The third kappa shape index (κ3) is 5.14. The van der Waals surface area contributed by atoms with Crippen LogP contribution in [-0.4, -0.2) is 19.5 Å². The summed E-state index contributed by atoms with van der Waals surface area (Å²) in [5.41, 5.74) is 2.09. The number of nitrogens with one attached hydrogen (secondary N) is 2. The average molecular weight is 355 g/mol. The molecule has 0 heterocycles. The van der Waals surface area contributed by atoms with E-state index in [9.17, 15) is 4.79 Å². The molecule has 0 aliphatic heterocycles. The summed E-state index contributed by atoms with van der Waals surface area (Å²) in [6, 6.07) is 5.91. The Hall–Kier alpha value is -0.330. The fourth-order valence-corrected chi connectivity index (χ4v) is 1.65. The van der Waals surface area contributed by atoms with E-state index in [0.717, 1.165) is 5.69 Å². The summed E-state index contributed by atoms with van der Waals surface area (Å²) in [7, 11) is 1.84. The first-order valence-corrected chi connectivity index (χ1v) is 5.92. The summed E-state index contributed by atoms with van der Waals surface area (Å²) >= 11 is 2.26. The molecule has 5 heteroatoms. The molecule has 0 aromatic heterocycles. The lowest BCUT2D eigenvalue weighted by molar-refractivity contribution is -0.116. The van der Waals surface area contributed by atoms with Gasteiger partial charge in [0.1, 0.15) is 0 Å². The Morgan fingerprint density at radius 1 is 1.44 bits per heavy atom. The van der Waals surface area contributed by atoms with Crippen LogP contribution < -0.4 is 10.6 Å². The van der Waals surface area contributed by atoms with Crippen LogP contribution in [0.25, 0.3) is 0 Å². The molecule has 16 heavy (non-hydrogen) atoms. The predicted octanol–water partition coefficient (Wildman–Crippen LogP) is 2.57. The minimum Gasteiger partial charge on any atom is -0.326 e. The van der Waals surface area contributed by atoms with Crippen LogP contribution in [-0.2, 0) is 4.79 Å². The Balaban J connectivity index is 0.00000225. The third-order valence-corrected chi connectivity index (χ3v) is 3.22. The number of rotatable bonds is 4. The molecule has 0 spiro atoms. The quantitative estimate of drug-likeness (QED) is 0.816. The Bertz CT molecular complexity index is 358. The SMILES string of the molecule is CNCCC(=O)Nc1ccc(C)c(I)c1.Cl. The lowest BCUT2D eigenvalue weighted by Gasteiger charge is -2.06. The molecular weight excluding hydrogens is 338 g/mol. The van der Waals surface area contributed by atoms with Gasteiger partial charge in [-0.3, -0.25) is 4.79 Å². The van der Waals surface area contributed by atoms with Crippen LogP contribution in [0, 0.1) is 10.5 Å². The predicted molar refractivity (Wildman–Crippen MR) is 78.3 cm³/mol. The Morgan fingerprint density at radius 2 is 2.12 bits per heavy atom. The van der Waals surface area contributed by atoms with E-state index in [4.69, 9.17) is 0 Å². The maximum Gasteiger partial charge on any atom is 0.225 e. The molecule has 2 N–H and O–H groups in total. The van der Waals surface area contributed by atoms with Crippen molar-refractivity contribution >= 4 is 46.6 Å². The monoisotopic (exact) mass is 354 g/mol. The molecular formula is C11H16ClIN2O. The molecule has 3 nitrogen and oxygen atoms in total. The fraction of sp³-hybridized carbons (Fsp3) is 0.364. The summed E-state index contributed by atoms with van der Waals surface area (Å²) < 4.78 is 1.17. The molecule has 0 unspecified atom stereocenters. The zero-order valence-electron chi connectivity index (χ0n) is 9.34. The molecule has 0 atom stereocenters. The van der Waals surface area contributed by atoms with Gasteiger partial charge in [-0.15, -0.1) is 12.4 Å². The first-order valence-electron chi connectivity index (χ1n) is 4.84. The van der Waals surface area contributed by atoms with Gasteiger partial charge in [0.05, 0.1) is 0 Å². The van der Waals surface area contributed by atoms with Crippen LogP contribution in [0.4, 0.5) is 5.69 Å². The number of carbonyl (C=O) groups is 1. The highest BCUT2D eigenvalue weighted by atomic mass is 127. The topological polar surface area (TPSA) is 41.1 Å². The highest BCUT2D eigenvalue weighted by molar-refractivity contribution is 14.1. The first kappa shape index (κ1) is 15.7. The van der Waals surface area contributed by atoms with E-state index in [0.29, 0.717) is 13.0 Å². The summed E-state index contributed by atoms with van der Waals surface area (Å²) in [5.74, 6) is 0.0454. The average Bonchev–Trinajstić information content (AvgIpc) is 2.20. The Morgan fingerprint density at radius 3 is 2.69 bits per heavy atom. The zero-order chi connectivity index (χ0) is 11.3. The van der Waals surface area contributed by atoms with Crippen molar-refractivity contribution < 1.29 is 4.79 Å². The number of amides is 1. The van der Waals surface area contributed by atoms with Crippen LogP contribution in [0.3, 0.4) is 0 Å². The number of aryl methyl sites for hydroxylation is 1. The maximum atomic E-state index is 11.4.